The van der Waals surface area contributed by atoms with E-state index in [1.807, 2.05) is 60.0 Å². The average Bonchev–Trinajstić information content (AvgIpc) is 3.41. The summed E-state index contributed by atoms with van der Waals surface area (Å²) >= 11 is 1.45. The number of anilines is 2. The largest absolute Gasteiger partial charge is 0.484 e. The maximum Gasteiger partial charge on any atom is 0.268 e. The standard InChI is InChI=1S/C25H26N2O3S/c1-25(2,3)18-6-9-20(10-7-18)30-16-23(28)26-19-8-11-21-17(15-19)12-13-27(21)24(29)22-5-4-14-31-22/h4-11,14-15H,12-13,16H2,1-3H3,(H,26,28). The number of fused-ring (bicyclic) bond motifs is 1. The molecule has 0 aliphatic carbocycles. The molecule has 2 aromatic carbocycles. The Morgan fingerprint density at radius 1 is 1.10 bits per heavy atom. The molecule has 1 aliphatic heterocycles. The van der Waals surface area contributed by atoms with Gasteiger partial charge < -0.3 is 15.0 Å². The summed E-state index contributed by atoms with van der Waals surface area (Å²) in [5, 5.41) is 4.79. The Labute approximate surface area is 186 Å². The van der Waals surface area contributed by atoms with Crippen molar-refractivity contribution in [3.63, 3.8) is 0 Å². The number of thiophene rings is 1. The molecule has 31 heavy (non-hydrogen) atoms. The molecule has 1 N–H and O–H groups in total. The fourth-order valence-electron chi connectivity index (χ4n) is 3.62. The van der Waals surface area contributed by atoms with Crippen LogP contribution in [0.2, 0.25) is 0 Å². The predicted octanol–water partition coefficient (Wildman–Crippen LogP) is 5.27. The van der Waals surface area contributed by atoms with Crippen molar-refractivity contribution in [1.29, 1.82) is 0 Å². The van der Waals surface area contributed by atoms with Gasteiger partial charge in [0.15, 0.2) is 6.61 Å². The molecule has 0 fully saturated rings. The molecule has 0 saturated heterocycles. The lowest BCUT2D eigenvalue weighted by atomic mass is 9.87. The molecule has 5 nitrogen and oxygen atoms in total. The van der Waals surface area contributed by atoms with Crippen LogP contribution in [0.5, 0.6) is 5.75 Å². The van der Waals surface area contributed by atoms with Crippen LogP contribution in [0.3, 0.4) is 0 Å². The van der Waals surface area contributed by atoms with E-state index >= 15 is 0 Å². The Balaban J connectivity index is 1.35. The summed E-state index contributed by atoms with van der Waals surface area (Å²) in [6.07, 6.45) is 0.771. The Kier molecular flexibility index (Phi) is 5.83. The number of ether oxygens (including phenoxy) is 1. The number of hydrogen-bond donors (Lipinski definition) is 1. The van der Waals surface area contributed by atoms with Crippen molar-refractivity contribution < 1.29 is 14.3 Å². The van der Waals surface area contributed by atoms with Crippen LogP contribution in [-0.2, 0) is 16.6 Å². The minimum Gasteiger partial charge on any atom is -0.484 e. The number of carbonyl (C=O) groups is 2. The van der Waals surface area contributed by atoms with Gasteiger partial charge in [-0.3, -0.25) is 9.59 Å². The second-order valence-electron chi connectivity index (χ2n) is 8.64. The van der Waals surface area contributed by atoms with Crippen molar-refractivity contribution in [2.24, 2.45) is 0 Å². The van der Waals surface area contributed by atoms with Gasteiger partial charge in [-0.1, -0.05) is 39.0 Å². The third-order valence-corrected chi connectivity index (χ3v) is 6.18. The van der Waals surface area contributed by atoms with E-state index in [1.54, 1.807) is 4.90 Å². The average molecular weight is 435 g/mol. The van der Waals surface area contributed by atoms with Gasteiger partial charge in [-0.25, -0.2) is 0 Å². The van der Waals surface area contributed by atoms with Crippen LogP contribution in [0.15, 0.2) is 60.0 Å². The van der Waals surface area contributed by atoms with Crippen LogP contribution in [0.1, 0.15) is 41.6 Å². The summed E-state index contributed by atoms with van der Waals surface area (Å²) in [5.41, 5.74) is 3.97. The second kappa shape index (κ2) is 8.55. The summed E-state index contributed by atoms with van der Waals surface area (Å²) in [6.45, 7) is 7.06. The Bertz CT molecular complexity index is 1080. The number of amides is 2. The van der Waals surface area contributed by atoms with Crippen molar-refractivity contribution in [3.05, 3.63) is 76.0 Å². The molecule has 2 amide bonds. The third kappa shape index (κ3) is 4.80. The summed E-state index contributed by atoms with van der Waals surface area (Å²) in [5.74, 6) is 0.473. The van der Waals surface area contributed by atoms with Crippen molar-refractivity contribution in [2.75, 3.05) is 23.4 Å². The minimum absolute atomic E-state index is 0.0245. The summed E-state index contributed by atoms with van der Waals surface area (Å²) < 4.78 is 5.63. The van der Waals surface area contributed by atoms with Gasteiger partial charge in [-0.2, -0.15) is 0 Å². The van der Waals surface area contributed by atoms with Gasteiger partial charge in [0.2, 0.25) is 0 Å². The highest BCUT2D eigenvalue weighted by Crippen LogP contribution is 2.32. The zero-order valence-electron chi connectivity index (χ0n) is 18.0. The van der Waals surface area contributed by atoms with Gasteiger partial charge in [0, 0.05) is 17.9 Å². The third-order valence-electron chi connectivity index (χ3n) is 5.33. The van der Waals surface area contributed by atoms with Gasteiger partial charge in [0.05, 0.1) is 4.88 Å². The second-order valence-corrected chi connectivity index (χ2v) is 9.59. The maximum absolute atomic E-state index is 12.7. The van der Waals surface area contributed by atoms with Crippen LogP contribution < -0.4 is 15.0 Å². The van der Waals surface area contributed by atoms with E-state index in [2.05, 4.69) is 26.1 Å². The first-order chi connectivity index (χ1) is 14.8. The molecule has 2 heterocycles. The van der Waals surface area contributed by atoms with Crippen LogP contribution >= 0.6 is 11.3 Å². The molecule has 0 bridgehead atoms. The first-order valence-corrected chi connectivity index (χ1v) is 11.2. The van der Waals surface area contributed by atoms with E-state index in [4.69, 9.17) is 4.74 Å². The summed E-state index contributed by atoms with van der Waals surface area (Å²) in [7, 11) is 0. The van der Waals surface area contributed by atoms with Crippen LogP contribution in [-0.4, -0.2) is 25.0 Å². The van der Waals surface area contributed by atoms with Gasteiger partial charge in [0.25, 0.3) is 11.8 Å². The van der Waals surface area contributed by atoms with Crippen molar-refractivity contribution in [2.45, 2.75) is 32.6 Å². The monoisotopic (exact) mass is 434 g/mol. The SMILES string of the molecule is CC(C)(C)c1ccc(OCC(=O)Nc2ccc3c(c2)CCN3C(=O)c2cccs2)cc1. The number of nitrogens with one attached hydrogen (secondary N) is 1. The molecule has 6 heteroatoms. The quantitative estimate of drug-likeness (QED) is 0.595. The maximum atomic E-state index is 12.7. The van der Waals surface area contributed by atoms with E-state index in [9.17, 15) is 9.59 Å². The molecule has 4 rings (SSSR count). The fourth-order valence-corrected chi connectivity index (χ4v) is 4.29. The molecule has 0 spiro atoms. The zero-order chi connectivity index (χ0) is 22.0. The summed E-state index contributed by atoms with van der Waals surface area (Å²) in [4.78, 5) is 27.6. The van der Waals surface area contributed by atoms with Crippen LogP contribution in [0, 0.1) is 0 Å². The molecule has 160 valence electrons. The number of benzene rings is 2. The molecular formula is C25H26N2O3S. The Morgan fingerprint density at radius 2 is 1.87 bits per heavy atom. The molecular weight excluding hydrogens is 408 g/mol. The first-order valence-electron chi connectivity index (χ1n) is 10.3. The highest BCUT2D eigenvalue weighted by Gasteiger charge is 2.26. The zero-order valence-corrected chi connectivity index (χ0v) is 18.8. The topological polar surface area (TPSA) is 58.6 Å². The van der Waals surface area contributed by atoms with E-state index in [-0.39, 0.29) is 23.8 Å². The number of carbonyl (C=O) groups excluding carboxylic acids is 2. The van der Waals surface area contributed by atoms with Crippen molar-refractivity contribution in [1.82, 2.24) is 0 Å². The van der Waals surface area contributed by atoms with E-state index in [0.29, 0.717) is 18.0 Å². The van der Waals surface area contributed by atoms with Crippen LogP contribution in [0.25, 0.3) is 0 Å². The Morgan fingerprint density at radius 3 is 2.55 bits per heavy atom. The number of nitrogens with zero attached hydrogens (tertiary/aromatic N) is 1. The molecule has 0 atom stereocenters. The van der Waals surface area contributed by atoms with Crippen molar-refractivity contribution >= 4 is 34.5 Å². The highest BCUT2D eigenvalue weighted by molar-refractivity contribution is 7.12. The van der Waals surface area contributed by atoms with Gasteiger partial charge >= 0.3 is 0 Å². The highest BCUT2D eigenvalue weighted by atomic mass is 32.1. The predicted molar refractivity (Wildman–Crippen MR) is 125 cm³/mol. The minimum atomic E-state index is -0.218. The lowest BCUT2D eigenvalue weighted by Crippen LogP contribution is -2.28. The molecule has 0 radical (unpaired) electrons. The molecule has 1 aliphatic rings. The van der Waals surface area contributed by atoms with Gasteiger partial charge in [-0.05, 0) is 64.7 Å². The van der Waals surface area contributed by atoms with Crippen molar-refractivity contribution in [3.8, 4) is 5.75 Å². The van der Waals surface area contributed by atoms with E-state index in [0.717, 1.165) is 22.5 Å². The van der Waals surface area contributed by atoms with E-state index < -0.39 is 0 Å². The normalized spacial score (nSPS) is 13.1. The number of hydrogen-bond acceptors (Lipinski definition) is 4. The smallest absolute Gasteiger partial charge is 0.268 e. The molecule has 0 saturated carbocycles. The fraction of sp³-hybridized carbons (Fsp3) is 0.280. The van der Waals surface area contributed by atoms with Gasteiger partial charge in [0.1, 0.15) is 5.75 Å². The lowest BCUT2D eigenvalue weighted by Gasteiger charge is -2.19. The first kappa shape index (κ1) is 21.1. The lowest BCUT2D eigenvalue weighted by molar-refractivity contribution is -0.118. The van der Waals surface area contributed by atoms with E-state index in [1.165, 1.54) is 16.9 Å². The molecule has 3 aromatic rings. The van der Waals surface area contributed by atoms with Gasteiger partial charge in [-0.15, -0.1) is 11.3 Å². The van der Waals surface area contributed by atoms with Crippen LogP contribution in [0.4, 0.5) is 11.4 Å². The summed E-state index contributed by atoms with van der Waals surface area (Å²) in [6, 6.07) is 17.2. The Hall–Kier alpha value is -3.12. The number of rotatable bonds is 5. The molecule has 1 aromatic heterocycles. The molecule has 0 unspecified atom stereocenters.